The fraction of sp³-hybridized carbons (Fsp3) is 0.115. The Balaban J connectivity index is 1.83. The number of para-hydroxylation sites is 1. The molecule has 0 saturated carbocycles. The Hall–Kier alpha value is -4.19. The normalized spacial score (nSPS) is 16.5. The van der Waals surface area contributed by atoms with Crippen molar-refractivity contribution >= 4 is 29.0 Å². The van der Waals surface area contributed by atoms with Crippen LogP contribution in [0.2, 0.25) is 0 Å². The number of carbonyl (C=O) groups is 2. The molecule has 3 aromatic carbocycles. The van der Waals surface area contributed by atoms with E-state index in [1.807, 2.05) is 54.6 Å². The summed E-state index contributed by atoms with van der Waals surface area (Å²) in [5.41, 5.74) is 3.93. The Morgan fingerprint density at radius 3 is 2.31 bits per heavy atom. The Morgan fingerprint density at radius 2 is 1.66 bits per heavy atom. The zero-order valence-corrected chi connectivity index (χ0v) is 17.7. The molecule has 1 saturated heterocycles. The molecular weight excluding hydrogens is 402 g/mol. The fourth-order valence-corrected chi connectivity index (χ4v) is 3.94. The number of benzene rings is 3. The number of anilines is 2. The number of carbonyl (C=O) groups excluding carboxylic acids is 2. The summed E-state index contributed by atoms with van der Waals surface area (Å²) in [5, 5.41) is 12.2. The van der Waals surface area contributed by atoms with Gasteiger partial charge in [-0.3, -0.25) is 9.69 Å². The molecule has 1 N–H and O–H groups in total. The highest BCUT2D eigenvalue weighted by atomic mass is 16.4. The molecule has 6 heteroatoms. The van der Waals surface area contributed by atoms with E-state index < -0.39 is 12.1 Å². The molecule has 32 heavy (non-hydrogen) atoms. The first-order valence-corrected chi connectivity index (χ1v) is 10.3. The van der Waals surface area contributed by atoms with Crippen LogP contribution in [-0.2, 0) is 11.2 Å². The van der Waals surface area contributed by atoms with Gasteiger partial charge in [-0.2, -0.15) is 0 Å². The maximum absolute atomic E-state index is 13.7. The van der Waals surface area contributed by atoms with Gasteiger partial charge in [-0.05, 0) is 48.2 Å². The topological polar surface area (TPSA) is 73.2 Å². The maximum atomic E-state index is 13.7. The van der Waals surface area contributed by atoms with Gasteiger partial charge in [-0.15, -0.1) is 6.58 Å². The van der Waals surface area contributed by atoms with Crippen molar-refractivity contribution in [1.82, 2.24) is 0 Å². The molecule has 0 aliphatic carbocycles. The lowest BCUT2D eigenvalue weighted by Crippen LogP contribution is -2.33. The van der Waals surface area contributed by atoms with Crippen LogP contribution in [0.3, 0.4) is 0 Å². The van der Waals surface area contributed by atoms with Crippen LogP contribution in [0, 0.1) is 0 Å². The Morgan fingerprint density at radius 1 is 1.00 bits per heavy atom. The van der Waals surface area contributed by atoms with Gasteiger partial charge in [0.15, 0.2) is 0 Å². The Labute approximate surface area is 186 Å². The van der Waals surface area contributed by atoms with Crippen LogP contribution in [0.4, 0.5) is 16.2 Å². The molecule has 6 nitrogen and oxygen atoms in total. The first-order valence-electron chi connectivity index (χ1n) is 10.3. The molecule has 1 atom stereocenters. The first-order chi connectivity index (χ1) is 15.6. The fourth-order valence-electron chi connectivity index (χ4n) is 3.94. The van der Waals surface area contributed by atoms with Crippen LogP contribution >= 0.6 is 0 Å². The van der Waals surface area contributed by atoms with E-state index in [1.165, 1.54) is 4.90 Å². The highest BCUT2D eigenvalue weighted by Crippen LogP contribution is 2.39. The molecule has 1 heterocycles. The molecule has 0 radical (unpaired) electrons. The van der Waals surface area contributed by atoms with Crippen molar-refractivity contribution in [3.63, 3.8) is 0 Å². The number of nitrogens with zero attached hydrogens (tertiary/aromatic N) is 3. The third-order valence-electron chi connectivity index (χ3n) is 5.53. The van der Waals surface area contributed by atoms with Crippen LogP contribution in [0.15, 0.2) is 96.7 Å². The van der Waals surface area contributed by atoms with E-state index in [-0.39, 0.29) is 5.91 Å². The molecule has 0 spiro atoms. The van der Waals surface area contributed by atoms with Crippen molar-refractivity contribution in [2.24, 2.45) is 5.16 Å². The molecule has 4 rings (SSSR count). The van der Waals surface area contributed by atoms with E-state index in [0.717, 1.165) is 11.1 Å². The van der Waals surface area contributed by atoms with E-state index in [9.17, 15) is 9.59 Å². The van der Waals surface area contributed by atoms with Crippen molar-refractivity contribution in [2.75, 3.05) is 9.80 Å². The van der Waals surface area contributed by atoms with E-state index in [2.05, 4.69) is 11.7 Å². The molecule has 1 aliphatic rings. The van der Waals surface area contributed by atoms with Crippen molar-refractivity contribution < 1.29 is 14.8 Å². The third kappa shape index (κ3) is 3.67. The lowest BCUT2D eigenvalue weighted by atomic mass is 10.0. The second-order valence-electron chi connectivity index (χ2n) is 7.49. The van der Waals surface area contributed by atoms with Crippen molar-refractivity contribution in [1.29, 1.82) is 0 Å². The molecular formula is C26H23N3O3. The summed E-state index contributed by atoms with van der Waals surface area (Å²) in [4.78, 5) is 30.1. The smallest absolute Gasteiger partial charge is 0.336 e. The lowest BCUT2D eigenvalue weighted by Gasteiger charge is -2.24. The number of amides is 3. The Bertz CT molecular complexity index is 1190. The minimum atomic E-state index is -0.782. The van der Waals surface area contributed by atoms with Gasteiger partial charge in [0.2, 0.25) is 0 Å². The predicted molar refractivity (Wildman–Crippen MR) is 125 cm³/mol. The molecule has 0 bridgehead atoms. The van der Waals surface area contributed by atoms with Gasteiger partial charge in [0.25, 0.3) is 5.91 Å². The number of rotatable bonds is 6. The highest BCUT2D eigenvalue weighted by Gasteiger charge is 2.48. The monoisotopic (exact) mass is 425 g/mol. The third-order valence-corrected chi connectivity index (χ3v) is 5.53. The molecule has 3 amide bonds. The summed E-state index contributed by atoms with van der Waals surface area (Å²) in [6.45, 7) is 5.49. The van der Waals surface area contributed by atoms with Crippen molar-refractivity contribution in [3.05, 3.63) is 108 Å². The van der Waals surface area contributed by atoms with Crippen LogP contribution in [0.25, 0.3) is 0 Å². The largest absolute Gasteiger partial charge is 0.411 e. The van der Waals surface area contributed by atoms with Gasteiger partial charge in [-0.1, -0.05) is 71.9 Å². The van der Waals surface area contributed by atoms with Gasteiger partial charge < -0.3 is 5.21 Å². The lowest BCUT2D eigenvalue weighted by molar-refractivity contribution is -0.118. The van der Waals surface area contributed by atoms with Crippen LogP contribution < -0.4 is 9.80 Å². The zero-order valence-electron chi connectivity index (χ0n) is 17.7. The quantitative estimate of drug-likeness (QED) is 0.191. The minimum Gasteiger partial charge on any atom is -0.411 e. The van der Waals surface area contributed by atoms with Crippen molar-refractivity contribution in [2.45, 2.75) is 19.4 Å². The molecule has 0 aromatic heterocycles. The van der Waals surface area contributed by atoms with Gasteiger partial charge in [0, 0.05) is 0 Å². The first kappa shape index (κ1) is 21.1. The minimum absolute atomic E-state index is 0.324. The van der Waals surface area contributed by atoms with E-state index in [0.29, 0.717) is 29.1 Å². The highest BCUT2D eigenvalue weighted by molar-refractivity contribution is 6.28. The number of imide groups is 1. The van der Waals surface area contributed by atoms with E-state index in [4.69, 9.17) is 5.21 Å². The maximum Gasteiger partial charge on any atom is 0.336 e. The van der Waals surface area contributed by atoms with Crippen molar-refractivity contribution in [3.8, 4) is 0 Å². The molecule has 160 valence electrons. The molecule has 3 aromatic rings. The second-order valence-corrected chi connectivity index (χ2v) is 7.49. The summed E-state index contributed by atoms with van der Waals surface area (Å²) in [6, 6.07) is 22.5. The average Bonchev–Trinajstić information content (AvgIpc) is 3.09. The van der Waals surface area contributed by atoms with Crippen LogP contribution in [-0.4, -0.2) is 22.9 Å². The van der Waals surface area contributed by atoms with Gasteiger partial charge in [-0.25, -0.2) is 9.69 Å². The molecule has 1 unspecified atom stereocenters. The van der Waals surface area contributed by atoms with Gasteiger partial charge in [0.05, 0.1) is 17.1 Å². The zero-order chi connectivity index (χ0) is 22.7. The Kier molecular flexibility index (Phi) is 5.85. The number of oxime groups is 1. The summed E-state index contributed by atoms with van der Waals surface area (Å²) in [6.07, 6.45) is 2.35. The summed E-state index contributed by atoms with van der Waals surface area (Å²) in [7, 11) is 0. The van der Waals surface area contributed by atoms with Gasteiger partial charge in [0.1, 0.15) is 6.04 Å². The molecule has 1 fully saturated rings. The summed E-state index contributed by atoms with van der Waals surface area (Å²) >= 11 is 0. The average molecular weight is 425 g/mol. The predicted octanol–water partition coefficient (Wildman–Crippen LogP) is 5.33. The SMILES string of the molecule is C=CCc1ccccc1N1C(=O)N(c2ccc(/C(C)=N/O)cc2)C(=O)C1c1ccccc1. The van der Waals surface area contributed by atoms with Crippen LogP contribution in [0.5, 0.6) is 0 Å². The number of hydrogen-bond donors (Lipinski definition) is 1. The van der Waals surface area contributed by atoms with E-state index >= 15 is 0 Å². The summed E-state index contributed by atoms with van der Waals surface area (Å²) in [5.74, 6) is -0.324. The number of urea groups is 1. The standard InChI is InChI=1S/C26H23N3O3/c1-3-9-20-10-7-8-13-23(20)29-24(21-11-5-4-6-12-21)25(30)28(26(29)31)22-16-14-19(15-17-22)18(2)27-32/h3-8,10-17,24,32H,1,9H2,2H3/b27-18+. The van der Waals surface area contributed by atoms with Gasteiger partial charge >= 0.3 is 6.03 Å². The summed E-state index contributed by atoms with van der Waals surface area (Å²) < 4.78 is 0. The van der Waals surface area contributed by atoms with Crippen LogP contribution in [0.1, 0.15) is 29.7 Å². The molecule has 1 aliphatic heterocycles. The number of allylic oxidation sites excluding steroid dienone is 1. The second kappa shape index (κ2) is 8.89. The number of hydrogen-bond acceptors (Lipinski definition) is 4. The van der Waals surface area contributed by atoms with E-state index in [1.54, 1.807) is 42.2 Å².